The largest absolute Gasteiger partial charge is 0.462 e. The van der Waals surface area contributed by atoms with E-state index in [0.717, 1.165) is 83.5 Å². The van der Waals surface area contributed by atoms with Gasteiger partial charge in [0.15, 0.2) is 6.10 Å². The first-order valence-corrected chi connectivity index (χ1v) is 26.6. The molecule has 0 aliphatic rings. The molecule has 0 aliphatic heterocycles. The van der Waals surface area contributed by atoms with Crippen molar-refractivity contribution in [3.05, 3.63) is 48.6 Å². The lowest BCUT2D eigenvalue weighted by atomic mass is 10.0. The first kappa shape index (κ1) is 59.4. The summed E-state index contributed by atoms with van der Waals surface area (Å²) in [5.74, 6) is -0.925. The van der Waals surface area contributed by atoms with Crippen molar-refractivity contribution >= 4 is 17.9 Å². The highest BCUT2D eigenvalue weighted by Gasteiger charge is 2.19. The van der Waals surface area contributed by atoms with Gasteiger partial charge >= 0.3 is 17.9 Å². The maximum absolute atomic E-state index is 12.8. The van der Waals surface area contributed by atoms with Crippen LogP contribution in [-0.2, 0) is 28.6 Å². The van der Waals surface area contributed by atoms with E-state index in [0.29, 0.717) is 19.3 Å². The van der Waals surface area contributed by atoms with Gasteiger partial charge in [-0.2, -0.15) is 0 Å². The summed E-state index contributed by atoms with van der Waals surface area (Å²) in [5.41, 5.74) is 0. The molecule has 6 heteroatoms. The zero-order chi connectivity index (χ0) is 45.1. The number of unbranched alkanes of at least 4 members (excludes halogenated alkanes) is 29. The van der Waals surface area contributed by atoms with E-state index in [2.05, 4.69) is 69.4 Å². The summed E-state index contributed by atoms with van der Waals surface area (Å²) in [6.07, 6.45) is 60.9. The number of ether oxygens (including phenoxy) is 3. The molecule has 62 heavy (non-hydrogen) atoms. The lowest BCUT2D eigenvalue weighted by Crippen LogP contribution is -2.30. The topological polar surface area (TPSA) is 78.9 Å². The first-order chi connectivity index (χ1) is 30.5. The molecule has 0 saturated carbocycles. The third kappa shape index (κ3) is 48.4. The van der Waals surface area contributed by atoms with Gasteiger partial charge in [0, 0.05) is 19.3 Å². The monoisotopic (exact) mass is 869 g/mol. The summed E-state index contributed by atoms with van der Waals surface area (Å²) in [6, 6.07) is 0. The molecule has 0 saturated heterocycles. The van der Waals surface area contributed by atoms with E-state index in [1.165, 1.54) is 148 Å². The molecule has 360 valence electrons. The molecule has 0 fully saturated rings. The Morgan fingerprint density at radius 3 is 0.984 bits per heavy atom. The molecule has 0 N–H and O–H groups in total. The third-order valence-corrected chi connectivity index (χ3v) is 11.6. The van der Waals surface area contributed by atoms with Gasteiger partial charge in [-0.3, -0.25) is 14.4 Å². The second kappa shape index (κ2) is 51.0. The smallest absolute Gasteiger partial charge is 0.306 e. The summed E-state index contributed by atoms with van der Waals surface area (Å²) < 4.78 is 16.8. The van der Waals surface area contributed by atoms with E-state index in [-0.39, 0.29) is 31.1 Å². The number of hydrogen-bond acceptors (Lipinski definition) is 6. The van der Waals surface area contributed by atoms with E-state index in [1.807, 2.05) is 0 Å². The van der Waals surface area contributed by atoms with Crippen molar-refractivity contribution in [2.24, 2.45) is 0 Å². The van der Waals surface area contributed by atoms with Crippen LogP contribution in [0.25, 0.3) is 0 Å². The summed E-state index contributed by atoms with van der Waals surface area (Å²) in [6.45, 7) is 6.58. The SMILES string of the molecule is CCCCC/C=C\C/C=C\C/C=C\CCCCC(=O)OC[C@@H](COC(=O)CCCCCCCCCCCCCCCC)OC(=O)CCCCCCC/C=C\CCCCCCCC. The summed E-state index contributed by atoms with van der Waals surface area (Å²) in [5, 5.41) is 0. The molecule has 0 unspecified atom stereocenters. The standard InChI is InChI=1S/C56H100O6/c1-4-7-10-13-16-19-22-25-28-31-34-37-40-43-46-49-55(58)61-52-53(51-60-54(57)48-45-42-39-36-33-30-27-24-21-18-15-12-9-6-3)62-56(59)50-47-44-41-38-35-32-29-26-23-20-17-14-11-8-5-2/h16,19,25-26,28-29,34,37,53H,4-15,17-18,20-24,27,30-33,35-36,38-52H2,1-3H3/b19-16-,28-25-,29-26-,37-34-/t53-/m1/s1. The number of carbonyl (C=O) groups is 3. The van der Waals surface area contributed by atoms with Crippen LogP contribution in [0, 0.1) is 0 Å². The third-order valence-electron chi connectivity index (χ3n) is 11.6. The molecule has 0 bridgehead atoms. The Morgan fingerprint density at radius 1 is 0.323 bits per heavy atom. The molecule has 0 aromatic rings. The average molecular weight is 869 g/mol. The molecular formula is C56H100O6. The van der Waals surface area contributed by atoms with Gasteiger partial charge in [-0.05, 0) is 83.5 Å². The van der Waals surface area contributed by atoms with Gasteiger partial charge in [-0.25, -0.2) is 0 Å². The van der Waals surface area contributed by atoms with Crippen molar-refractivity contribution < 1.29 is 28.6 Å². The Balaban J connectivity index is 4.43. The van der Waals surface area contributed by atoms with Crippen molar-refractivity contribution in [3.8, 4) is 0 Å². The van der Waals surface area contributed by atoms with Gasteiger partial charge < -0.3 is 14.2 Å². The molecule has 0 rings (SSSR count). The van der Waals surface area contributed by atoms with E-state index in [9.17, 15) is 14.4 Å². The molecule has 6 nitrogen and oxygen atoms in total. The first-order valence-electron chi connectivity index (χ1n) is 26.6. The molecule has 0 aromatic carbocycles. The van der Waals surface area contributed by atoms with Crippen LogP contribution in [0.2, 0.25) is 0 Å². The number of carbonyl (C=O) groups excluding carboxylic acids is 3. The molecule has 0 heterocycles. The van der Waals surface area contributed by atoms with Crippen molar-refractivity contribution in [1.82, 2.24) is 0 Å². The minimum absolute atomic E-state index is 0.0860. The van der Waals surface area contributed by atoms with Gasteiger partial charge in [0.1, 0.15) is 13.2 Å². The van der Waals surface area contributed by atoms with E-state index >= 15 is 0 Å². The minimum Gasteiger partial charge on any atom is -0.462 e. The van der Waals surface area contributed by atoms with Crippen molar-refractivity contribution in [2.45, 2.75) is 277 Å². The highest BCUT2D eigenvalue weighted by Crippen LogP contribution is 2.15. The highest BCUT2D eigenvalue weighted by molar-refractivity contribution is 5.71. The van der Waals surface area contributed by atoms with Crippen LogP contribution in [0.3, 0.4) is 0 Å². The highest BCUT2D eigenvalue weighted by atomic mass is 16.6. The quantitative estimate of drug-likeness (QED) is 0.0262. The maximum Gasteiger partial charge on any atom is 0.306 e. The molecule has 1 atom stereocenters. The number of rotatable bonds is 48. The second-order valence-electron chi connectivity index (χ2n) is 17.8. The molecule has 0 spiro atoms. The van der Waals surface area contributed by atoms with Crippen LogP contribution in [0.15, 0.2) is 48.6 Å². The Kier molecular flexibility index (Phi) is 48.8. The second-order valence-corrected chi connectivity index (χ2v) is 17.8. The van der Waals surface area contributed by atoms with E-state index < -0.39 is 6.10 Å². The summed E-state index contributed by atoms with van der Waals surface area (Å²) >= 11 is 0. The van der Waals surface area contributed by atoms with Gasteiger partial charge in [0.05, 0.1) is 0 Å². The van der Waals surface area contributed by atoms with Crippen LogP contribution >= 0.6 is 0 Å². The van der Waals surface area contributed by atoms with Gasteiger partial charge in [-0.1, -0.05) is 217 Å². The summed E-state index contributed by atoms with van der Waals surface area (Å²) in [7, 11) is 0. The predicted octanol–water partition coefficient (Wildman–Crippen LogP) is 17.5. The molecular weight excluding hydrogens is 769 g/mol. The minimum atomic E-state index is -0.789. The van der Waals surface area contributed by atoms with Crippen LogP contribution in [0.4, 0.5) is 0 Å². The maximum atomic E-state index is 12.8. The van der Waals surface area contributed by atoms with Crippen molar-refractivity contribution in [1.29, 1.82) is 0 Å². The number of hydrogen-bond donors (Lipinski definition) is 0. The number of esters is 3. The van der Waals surface area contributed by atoms with Crippen molar-refractivity contribution in [2.75, 3.05) is 13.2 Å². The Morgan fingerprint density at radius 2 is 0.581 bits per heavy atom. The Hall–Kier alpha value is -2.63. The van der Waals surface area contributed by atoms with Gasteiger partial charge in [-0.15, -0.1) is 0 Å². The van der Waals surface area contributed by atoms with Crippen LogP contribution in [0.1, 0.15) is 271 Å². The molecule has 0 amide bonds. The molecule has 0 aliphatic carbocycles. The zero-order valence-electron chi connectivity index (χ0n) is 41.1. The number of allylic oxidation sites excluding steroid dienone is 8. The van der Waals surface area contributed by atoms with E-state index in [4.69, 9.17) is 14.2 Å². The van der Waals surface area contributed by atoms with E-state index in [1.54, 1.807) is 0 Å². The zero-order valence-corrected chi connectivity index (χ0v) is 41.1. The normalized spacial score (nSPS) is 12.4. The van der Waals surface area contributed by atoms with Crippen LogP contribution < -0.4 is 0 Å². The fourth-order valence-corrected chi connectivity index (χ4v) is 7.50. The molecule has 0 aromatic heterocycles. The Labute approximate surface area is 384 Å². The lowest BCUT2D eigenvalue weighted by molar-refractivity contribution is -0.167. The Bertz CT molecular complexity index is 1090. The predicted molar refractivity (Wildman–Crippen MR) is 265 cm³/mol. The fraction of sp³-hybridized carbons (Fsp3) is 0.804. The van der Waals surface area contributed by atoms with Crippen LogP contribution in [0.5, 0.6) is 0 Å². The average Bonchev–Trinajstić information content (AvgIpc) is 3.27. The lowest BCUT2D eigenvalue weighted by Gasteiger charge is -2.18. The van der Waals surface area contributed by atoms with Gasteiger partial charge in [0.2, 0.25) is 0 Å². The van der Waals surface area contributed by atoms with Gasteiger partial charge in [0.25, 0.3) is 0 Å². The molecule has 0 radical (unpaired) electrons. The summed E-state index contributed by atoms with van der Waals surface area (Å²) in [4.78, 5) is 38.0. The fourth-order valence-electron chi connectivity index (χ4n) is 7.50. The van der Waals surface area contributed by atoms with Crippen molar-refractivity contribution in [3.63, 3.8) is 0 Å². The van der Waals surface area contributed by atoms with Crippen LogP contribution in [-0.4, -0.2) is 37.2 Å².